The Morgan fingerprint density at radius 3 is 2.36 bits per heavy atom. The molecule has 3 aromatic rings. The van der Waals surface area contributed by atoms with Crippen molar-refractivity contribution in [2.75, 3.05) is 19.1 Å². The Balaban J connectivity index is 1.45. The molecule has 2 aliphatic heterocycles. The van der Waals surface area contributed by atoms with Gasteiger partial charge < -0.3 is 14.9 Å². The topological polar surface area (TPSA) is 154 Å². The Hall–Kier alpha value is -4.94. The molecule has 50 heavy (non-hydrogen) atoms. The van der Waals surface area contributed by atoms with E-state index in [9.17, 15) is 33.8 Å². The van der Waals surface area contributed by atoms with Crippen molar-refractivity contribution >= 4 is 58.5 Å². The van der Waals surface area contributed by atoms with E-state index in [-0.39, 0.29) is 41.6 Å². The van der Waals surface area contributed by atoms with Crippen LogP contribution < -0.4 is 10.2 Å². The second-order valence-corrected chi connectivity index (χ2v) is 13.7. The molecule has 14 heteroatoms. The highest BCUT2D eigenvalue weighted by atomic mass is 35.5. The summed E-state index contributed by atoms with van der Waals surface area (Å²) in [6.07, 6.45) is 1.53. The van der Waals surface area contributed by atoms with Crippen LogP contribution in [0.4, 0.5) is 10.1 Å². The minimum absolute atomic E-state index is 0.00691. The number of hydrogen-bond acceptors (Lipinski definition) is 8. The first-order valence-corrected chi connectivity index (χ1v) is 16.6. The van der Waals surface area contributed by atoms with Crippen LogP contribution in [0.25, 0.3) is 0 Å². The summed E-state index contributed by atoms with van der Waals surface area (Å²) < 4.78 is 19.3. The molecule has 1 saturated carbocycles. The maximum absolute atomic E-state index is 15.1. The number of benzene rings is 3. The number of allylic oxidation sites excluding steroid dienone is 2. The van der Waals surface area contributed by atoms with E-state index in [1.807, 2.05) is 6.08 Å². The van der Waals surface area contributed by atoms with Gasteiger partial charge in [0.2, 0.25) is 11.8 Å². The van der Waals surface area contributed by atoms with E-state index in [1.165, 1.54) is 43.5 Å². The molecule has 0 radical (unpaired) electrons. The van der Waals surface area contributed by atoms with Gasteiger partial charge in [-0.3, -0.25) is 34.3 Å². The fourth-order valence-electron chi connectivity index (χ4n) is 8.44. The van der Waals surface area contributed by atoms with Crippen LogP contribution in [0.1, 0.15) is 36.3 Å². The van der Waals surface area contributed by atoms with Crippen molar-refractivity contribution in [3.05, 3.63) is 99.3 Å². The number of ether oxygens (including phenoxy) is 1. The standard InChI is InChI=1S/C36H30Cl2FN3O8/c1-50-27-15-17(14-26(38)31(27)45)30-22-10-11-23-29(34(48)41(32(23)46)13-12-28(43)44)24(22)16-25-33(47)42(40-21-8-6-20(39)7-9-21)35(49)36(25,30)18-2-4-19(37)5-3-18/h2-10,14-15,23-25,29-30,40,45H,11-13,16H2,1H3,(H,43,44)/t23-,24+,25-,29-,30-,36+/m0/s1. The Morgan fingerprint density at radius 2 is 1.70 bits per heavy atom. The number of rotatable bonds is 8. The molecule has 3 aromatic carbocycles. The van der Waals surface area contributed by atoms with E-state index >= 15 is 4.79 Å². The van der Waals surface area contributed by atoms with Crippen LogP contribution in [0.15, 0.2) is 72.3 Å². The van der Waals surface area contributed by atoms with Crippen molar-refractivity contribution in [2.45, 2.75) is 30.6 Å². The molecule has 0 aromatic heterocycles. The number of likely N-dealkylation sites (tertiary alicyclic amines) is 1. The number of hydrazine groups is 1. The van der Waals surface area contributed by atoms with Crippen molar-refractivity contribution in [3.63, 3.8) is 0 Å². The number of carbonyl (C=O) groups is 5. The average molecular weight is 723 g/mol. The first-order valence-electron chi connectivity index (χ1n) is 15.9. The van der Waals surface area contributed by atoms with Crippen molar-refractivity contribution in [1.82, 2.24) is 9.91 Å². The first kappa shape index (κ1) is 33.6. The molecule has 258 valence electrons. The zero-order valence-corrected chi connectivity index (χ0v) is 28.0. The lowest BCUT2D eigenvalue weighted by Gasteiger charge is -2.50. The second-order valence-electron chi connectivity index (χ2n) is 12.9. The number of hydrogen-bond donors (Lipinski definition) is 3. The summed E-state index contributed by atoms with van der Waals surface area (Å²) in [5, 5.41) is 21.2. The van der Waals surface area contributed by atoms with Crippen LogP contribution in [0, 0.1) is 29.5 Å². The number of anilines is 1. The molecule has 4 amide bonds. The smallest absolute Gasteiger partial charge is 0.305 e. The summed E-state index contributed by atoms with van der Waals surface area (Å²) in [5.74, 6) is -8.76. The number of fused-ring (bicyclic) bond motifs is 4. The quantitative estimate of drug-likeness (QED) is 0.208. The van der Waals surface area contributed by atoms with Gasteiger partial charge in [-0.05, 0) is 78.4 Å². The molecule has 2 heterocycles. The van der Waals surface area contributed by atoms with Crippen molar-refractivity contribution in [2.24, 2.45) is 23.7 Å². The predicted molar refractivity (Wildman–Crippen MR) is 178 cm³/mol. The Morgan fingerprint density at radius 1 is 1.00 bits per heavy atom. The Kier molecular flexibility index (Phi) is 8.34. The van der Waals surface area contributed by atoms with E-state index in [4.69, 9.17) is 27.9 Å². The van der Waals surface area contributed by atoms with Gasteiger partial charge in [-0.25, -0.2) is 4.39 Å². The molecule has 3 N–H and O–H groups in total. The number of carboxylic acids is 1. The molecule has 6 atom stereocenters. The highest BCUT2D eigenvalue weighted by molar-refractivity contribution is 6.32. The molecule has 7 rings (SSSR count). The van der Waals surface area contributed by atoms with Crippen LogP contribution >= 0.6 is 23.2 Å². The summed E-state index contributed by atoms with van der Waals surface area (Å²) in [4.78, 5) is 69.7. The number of imide groups is 2. The molecule has 0 unspecified atom stereocenters. The summed E-state index contributed by atoms with van der Waals surface area (Å²) in [7, 11) is 1.34. The van der Waals surface area contributed by atoms with E-state index in [1.54, 1.807) is 24.3 Å². The highest BCUT2D eigenvalue weighted by Crippen LogP contribution is 2.64. The summed E-state index contributed by atoms with van der Waals surface area (Å²) in [6.45, 7) is -0.291. The molecular weight excluding hydrogens is 692 g/mol. The normalized spacial score (nSPS) is 27.1. The third-order valence-corrected chi connectivity index (χ3v) is 11.0. The van der Waals surface area contributed by atoms with Crippen LogP contribution in [0.2, 0.25) is 10.0 Å². The van der Waals surface area contributed by atoms with Crippen LogP contribution in [0.5, 0.6) is 11.5 Å². The number of aromatic hydroxyl groups is 1. The molecule has 4 aliphatic rings. The number of halogens is 3. The third-order valence-electron chi connectivity index (χ3n) is 10.5. The monoisotopic (exact) mass is 721 g/mol. The van der Waals surface area contributed by atoms with Gasteiger partial charge in [-0.15, -0.1) is 0 Å². The average Bonchev–Trinajstić information content (AvgIpc) is 3.46. The lowest BCUT2D eigenvalue weighted by atomic mass is 9.49. The van der Waals surface area contributed by atoms with Gasteiger partial charge in [-0.1, -0.05) is 47.0 Å². The van der Waals surface area contributed by atoms with Gasteiger partial charge in [0, 0.05) is 17.5 Å². The fraction of sp³-hybridized carbons (Fsp3) is 0.306. The van der Waals surface area contributed by atoms with Gasteiger partial charge in [0.25, 0.3) is 11.8 Å². The van der Waals surface area contributed by atoms with Gasteiger partial charge in [-0.2, -0.15) is 5.01 Å². The number of carbonyl (C=O) groups excluding carboxylic acids is 4. The van der Waals surface area contributed by atoms with E-state index < -0.39 is 76.8 Å². The Bertz CT molecular complexity index is 1990. The first-order chi connectivity index (χ1) is 23.9. The summed E-state index contributed by atoms with van der Waals surface area (Å²) in [5.41, 5.74) is 2.94. The maximum atomic E-state index is 15.1. The number of nitrogens with one attached hydrogen (secondary N) is 1. The number of methoxy groups -OCH3 is 1. The minimum atomic E-state index is -1.66. The summed E-state index contributed by atoms with van der Waals surface area (Å²) >= 11 is 12.9. The van der Waals surface area contributed by atoms with Crippen LogP contribution in [0.3, 0.4) is 0 Å². The van der Waals surface area contributed by atoms with Crippen molar-refractivity contribution < 1.29 is 43.3 Å². The number of amides is 4. The zero-order valence-electron chi connectivity index (χ0n) is 26.4. The highest BCUT2D eigenvalue weighted by Gasteiger charge is 2.70. The number of phenolic OH excluding ortho intramolecular Hbond substituents is 1. The second kappa shape index (κ2) is 12.4. The van der Waals surface area contributed by atoms with Crippen molar-refractivity contribution in [1.29, 1.82) is 0 Å². The number of nitrogens with zero attached hydrogens (tertiary/aromatic N) is 2. The molecule has 3 fully saturated rings. The van der Waals surface area contributed by atoms with Crippen LogP contribution in [-0.4, -0.2) is 63.4 Å². The maximum Gasteiger partial charge on any atom is 0.305 e. The van der Waals surface area contributed by atoms with Crippen LogP contribution in [-0.2, 0) is 29.4 Å². The van der Waals surface area contributed by atoms with E-state index in [2.05, 4.69) is 5.43 Å². The van der Waals surface area contributed by atoms with Crippen molar-refractivity contribution in [3.8, 4) is 11.5 Å². The van der Waals surface area contributed by atoms with E-state index in [0.29, 0.717) is 21.7 Å². The molecule has 2 aliphatic carbocycles. The largest absolute Gasteiger partial charge is 0.503 e. The zero-order chi connectivity index (χ0) is 35.6. The third kappa shape index (κ3) is 5.03. The van der Waals surface area contributed by atoms with E-state index in [0.717, 1.165) is 9.91 Å². The number of aliphatic carboxylic acids is 1. The van der Waals surface area contributed by atoms with Gasteiger partial charge >= 0.3 is 5.97 Å². The molecule has 11 nitrogen and oxygen atoms in total. The Labute approximate surface area is 295 Å². The molecule has 0 bridgehead atoms. The SMILES string of the molecule is COc1cc([C@H]2C3=CC[C@@H]4C(=O)N(CCC(=O)O)C(=O)[C@@H]4[C@@H]3C[C@H]3C(=O)N(Nc4ccc(F)cc4)C(=O)[C@@]23c2ccc(Cl)cc2)cc(Cl)c1O. The lowest BCUT2D eigenvalue weighted by Crippen LogP contribution is -2.53. The van der Waals surface area contributed by atoms with Gasteiger partial charge in [0.15, 0.2) is 11.5 Å². The van der Waals surface area contributed by atoms with Gasteiger partial charge in [0.1, 0.15) is 5.82 Å². The lowest BCUT2D eigenvalue weighted by molar-refractivity contribution is -0.143. The number of phenols is 1. The predicted octanol–water partition coefficient (Wildman–Crippen LogP) is 5.31. The molecule has 0 spiro atoms. The fourth-order valence-corrected chi connectivity index (χ4v) is 8.78. The summed E-state index contributed by atoms with van der Waals surface area (Å²) in [6, 6.07) is 14.7. The molecule has 2 saturated heterocycles. The number of carboxylic acid groups (broad SMARTS) is 1. The van der Waals surface area contributed by atoms with Gasteiger partial charge in [0.05, 0.1) is 47.4 Å². The minimum Gasteiger partial charge on any atom is -0.503 e. The molecular formula is C36H30Cl2FN3O8.